The number of hydrogen-bond acceptors (Lipinski definition) is 1. The lowest BCUT2D eigenvalue weighted by Crippen LogP contribution is -2.22. The van der Waals surface area contributed by atoms with Crippen molar-refractivity contribution in [2.75, 3.05) is 0 Å². The number of halogens is 1. The normalized spacial score (nSPS) is 18.2. The minimum atomic E-state index is 0.170. The van der Waals surface area contributed by atoms with Gasteiger partial charge in [0, 0.05) is 28.7 Å². The molecule has 21 heavy (non-hydrogen) atoms. The first-order valence-corrected chi connectivity index (χ1v) is 8.20. The summed E-state index contributed by atoms with van der Waals surface area (Å²) in [6.45, 7) is 2.93. The summed E-state index contributed by atoms with van der Waals surface area (Å²) in [7, 11) is 0. The lowest BCUT2D eigenvalue weighted by atomic mass is 10.1. The molecule has 1 aromatic heterocycles. The molecular formula is C17H19ClN2O. The molecule has 0 saturated heterocycles. The van der Waals surface area contributed by atoms with Gasteiger partial charge in [-0.1, -0.05) is 17.7 Å². The highest BCUT2D eigenvalue weighted by Crippen LogP contribution is 2.48. The van der Waals surface area contributed by atoms with E-state index >= 15 is 0 Å². The molecule has 0 unspecified atom stereocenters. The van der Waals surface area contributed by atoms with Gasteiger partial charge in [-0.3, -0.25) is 9.48 Å². The van der Waals surface area contributed by atoms with Crippen molar-refractivity contribution in [1.82, 2.24) is 9.36 Å². The summed E-state index contributed by atoms with van der Waals surface area (Å²) >= 11 is 6.11. The summed E-state index contributed by atoms with van der Waals surface area (Å²) < 4.78 is 4.02. The quantitative estimate of drug-likeness (QED) is 0.836. The minimum absolute atomic E-state index is 0.170. The van der Waals surface area contributed by atoms with Gasteiger partial charge in [0.25, 0.3) is 5.56 Å². The Kier molecular flexibility index (Phi) is 3.00. The fourth-order valence-corrected chi connectivity index (χ4v) is 3.48. The zero-order valence-electron chi connectivity index (χ0n) is 12.2. The van der Waals surface area contributed by atoms with E-state index in [0.717, 1.165) is 30.6 Å². The molecule has 2 aliphatic carbocycles. The van der Waals surface area contributed by atoms with E-state index in [4.69, 9.17) is 11.6 Å². The van der Waals surface area contributed by atoms with Crippen molar-refractivity contribution in [2.24, 2.45) is 0 Å². The molecule has 1 aromatic carbocycles. The van der Waals surface area contributed by atoms with Crippen molar-refractivity contribution in [3.63, 3.8) is 0 Å². The molecule has 3 nitrogen and oxygen atoms in total. The molecule has 2 saturated carbocycles. The zero-order valence-corrected chi connectivity index (χ0v) is 12.9. The van der Waals surface area contributed by atoms with Gasteiger partial charge in [0.15, 0.2) is 0 Å². The average Bonchev–Trinajstić information content (AvgIpc) is 3.35. The second-order valence-corrected chi connectivity index (χ2v) is 6.60. The van der Waals surface area contributed by atoms with Gasteiger partial charge in [0.05, 0.1) is 5.69 Å². The molecule has 110 valence electrons. The van der Waals surface area contributed by atoms with Crippen LogP contribution in [0.1, 0.15) is 55.7 Å². The van der Waals surface area contributed by atoms with E-state index in [2.05, 4.69) is 11.6 Å². The maximum Gasteiger partial charge on any atom is 0.275 e. The molecule has 4 heteroatoms. The molecule has 0 aliphatic heterocycles. The van der Waals surface area contributed by atoms with Crippen LogP contribution in [-0.4, -0.2) is 9.36 Å². The van der Waals surface area contributed by atoms with E-state index in [1.807, 2.05) is 28.9 Å². The molecule has 2 aliphatic rings. The predicted octanol–water partition coefficient (Wildman–Crippen LogP) is 4.07. The fraction of sp³-hybridized carbons (Fsp3) is 0.471. The maximum absolute atomic E-state index is 13.0. The lowest BCUT2D eigenvalue weighted by molar-refractivity contribution is 0.548. The highest BCUT2D eigenvalue weighted by Gasteiger charge is 2.39. The fourth-order valence-electron chi connectivity index (χ4n) is 3.30. The van der Waals surface area contributed by atoms with E-state index in [1.54, 1.807) is 0 Å². The first-order chi connectivity index (χ1) is 10.2. The molecular weight excluding hydrogens is 284 g/mol. The zero-order chi connectivity index (χ0) is 14.6. The second-order valence-electron chi connectivity index (χ2n) is 6.16. The number of aromatic nitrogens is 2. The monoisotopic (exact) mass is 302 g/mol. The highest BCUT2D eigenvalue weighted by molar-refractivity contribution is 6.30. The second kappa shape index (κ2) is 4.77. The number of benzene rings is 1. The van der Waals surface area contributed by atoms with Gasteiger partial charge < -0.3 is 0 Å². The average molecular weight is 303 g/mol. The van der Waals surface area contributed by atoms with Gasteiger partial charge in [-0.15, -0.1) is 0 Å². The molecule has 0 bridgehead atoms. The van der Waals surface area contributed by atoms with Crippen LogP contribution in [-0.2, 0) is 6.54 Å². The Balaban J connectivity index is 1.98. The van der Waals surface area contributed by atoms with Gasteiger partial charge in [0.1, 0.15) is 0 Å². The van der Waals surface area contributed by atoms with Crippen molar-refractivity contribution >= 4 is 11.6 Å². The molecule has 0 atom stereocenters. The summed E-state index contributed by atoms with van der Waals surface area (Å²) in [5, 5.41) is 0.671. The van der Waals surface area contributed by atoms with Crippen LogP contribution in [0.2, 0.25) is 5.02 Å². The Morgan fingerprint density at radius 2 is 1.90 bits per heavy atom. The van der Waals surface area contributed by atoms with Gasteiger partial charge in [-0.2, -0.15) is 0 Å². The van der Waals surface area contributed by atoms with Crippen LogP contribution in [0.5, 0.6) is 0 Å². The van der Waals surface area contributed by atoms with E-state index < -0.39 is 0 Å². The van der Waals surface area contributed by atoms with E-state index in [-0.39, 0.29) is 5.56 Å². The molecule has 0 amide bonds. The number of rotatable bonds is 4. The molecule has 1 heterocycles. The standard InChI is InChI=1S/C17H19ClN2O/c1-2-19-16(12-8-9-12)15(11-6-7-11)17(21)20(19)14-5-3-4-13(18)10-14/h3-5,10-12H,2,6-9H2,1H3. The van der Waals surface area contributed by atoms with Crippen molar-refractivity contribution < 1.29 is 0 Å². The largest absolute Gasteiger partial charge is 0.282 e. The third kappa shape index (κ3) is 2.15. The Bertz CT molecular complexity index is 751. The number of hydrogen-bond donors (Lipinski definition) is 0. The van der Waals surface area contributed by atoms with Crippen LogP contribution in [0.4, 0.5) is 0 Å². The molecule has 2 aromatic rings. The minimum Gasteiger partial charge on any atom is -0.282 e. The summed E-state index contributed by atoms with van der Waals surface area (Å²) in [5.41, 5.74) is 3.43. The van der Waals surface area contributed by atoms with E-state index in [0.29, 0.717) is 16.9 Å². The lowest BCUT2D eigenvalue weighted by Gasteiger charge is -2.13. The van der Waals surface area contributed by atoms with Gasteiger partial charge in [-0.25, -0.2) is 4.68 Å². The summed E-state index contributed by atoms with van der Waals surface area (Å²) in [6.07, 6.45) is 4.77. The van der Waals surface area contributed by atoms with Crippen molar-refractivity contribution in [3.8, 4) is 5.69 Å². The van der Waals surface area contributed by atoms with Crippen LogP contribution in [0.3, 0.4) is 0 Å². The maximum atomic E-state index is 13.0. The molecule has 0 radical (unpaired) electrons. The Morgan fingerprint density at radius 1 is 1.19 bits per heavy atom. The third-order valence-electron chi connectivity index (χ3n) is 4.52. The van der Waals surface area contributed by atoms with Crippen LogP contribution >= 0.6 is 11.6 Å². The molecule has 0 N–H and O–H groups in total. The van der Waals surface area contributed by atoms with Gasteiger partial charge in [-0.05, 0) is 56.7 Å². The van der Waals surface area contributed by atoms with Crippen LogP contribution in [0.25, 0.3) is 5.69 Å². The highest BCUT2D eigenvalue weighted by atomic mass is 35.5. The number of nitrogens with zero attached hydrogens (tertiary/aromatic N) is 2. The SMILES string of the molecule is CCn1c(C2CC2)c(C2CC2)c(=O)n1-c1cccc(Cl)c1. The van der Waals surface area contributed by atoms with Crippen molar-refractivity contribution in [2.45, 2.75) is 51.0 Å². The summed E-state index contributed by atoms with van der Waals surface area (Å²) in [6, 6.07) is 7.60. The topological polar surface area (TPSA) is 26.9 Å². The Morgan fingerprint density at radius 3 is 2.48 bits per heavy atom. The van der Waals surface area contributed by atoms with Crippen LogP contribution in [0.15, 0.2) is 29.1 Å². The van der Waals surface area contributed by atoms with E-state index in [1.165, 1.54) is 18.5 Å². The van der Waals surface area contributed by atoms with Crippen molar-refractivity contribution in [3.05, 3.63) is 50.9 Å². The first kappa shape index (κ1) is 13.2. The van der Waals surface area contributed by atoms with Crippen molar-refractivity contribution in [1.29, 1.82) is 0 Å². The van der Waals surface area contributed by atoms with Crippen LogP contribution in [0, 0.1) is 0 Å². The summed E-state index contributed by atoms with van der Waals surface area (Å²) in [5.74, 6) is 1.08. The van der Waals surface area contributed by atoms with Crippen LogP contribution < -0.4 is 5.56 Å². The van der Waals surface area contributed by atoms with E-state index in [9.17, 15) is 4.79 Å². The van der Waals surface area contributed by atoms with Gasteiger partial charge >= 0.3 is 0 Å². The van der Waals surface area contributed by atoms with Gasteiger partial charge in [0.2, 0.25) is 0 Å². The molecule has 4 rings (SSSR count). The first-order valence-electron chi connectivity index (χ1n) is 7.82. The Labute approximate surface area is 129 Å². The Hall–Kier alpha value is -1.48. The molecule has 2 fully saturated rings. The molecule has 0 spiro atoms. The predicted molar refractivity (Wildman–Crippen MR) is 84.7 cm³/mol. The third-order valence-corrected chi connectivity index (χ3v) is 4.76. The summed E-state index contributed by atoms with van der Waals surface area (Å²) in [4.78, 5) is 13.0. The smallest absolute Gasteiger partial charge is 0.275 e.